The summed E-state index contributed by atoms with van der Waals surface area (Å²) in [6.07, 6.45) is -2.48. The van der Waals surface area contributed by atoms with E-state index in [0.717, 1.165) is 0 Å². The van der Waals surface area contributed by atoms with Gasteiger partial charge in [-0.05, 0) is 0 Å². The molecule has 1 N–H and O–H groups in total. The maximum Gasteiger partial charge on any atom is 0.267 e. The number of Topliss-reactive ketones (excluding diaryl/α,β-unsaturated/α-hetero) is 3. The van der Waals surface area contributed by atoms with Crippen LogP contribution < -0.4 is 0 Å². The first-order chi connectivity index (χ1) is 9.20. The predicted octanol–water partition coefficient (Wildman–Crippen LogP) is 0.547. The van der Waals surface area contributed by atoms with Gasteiger partial charge >= 0.3 is 0 Å². The summed E-state index contributed by atoms with van der Waals surface area (Å²) in [5.74, 6) is -19.5. The van der Waals surface area contributed by atoms with Crippen LogP contribution in [0.25, 0.3) is 0 Å². The molecule has 0 aliphatic heterocycles. The van der Waals surface area contributed by atoms with Crippen LogP contribution in [0.2, 0.25) is 0 Å². The van der Waals surface area contributed by atoms with Gasteiger partial charge in [0.05, 0.1) is 5.92 Å². The summed E-state index contributed by atoms with van der Waals surface area (Å²) >= 11 is 0. The van der Waals surface area contributed by atoms with Crippen molar-refractivity contribution >= 4 is 17.3 Å². The van der Waals surface area contributed by atoms with Gasteiger partial charge in [0.2, 0.25) is 17.4 Å². The first-order valence-corrected chi connectivity index (χ1v) is 5.01. The summed E-state index contributed by atoms with van der Waals surface area (Å²) in [5, 5.41) is 9.29. The Balaban J connectivity index is 2.75. The van der Waals surface area contributed by atoms with Gasteiger partial charge in [0.25, 0.3) is 5.78 Å². The molecule has 0 amide bonds. The number of rotatable bonds is 1. The number of hydrogen-bond donors (Lipinski definition) is 1. The summed E-state index contributed by atoms with van der Waals surface area (Å²) in [6.45, 7) is 0. The second-order valence-electron chi connectivity index (χ2n) is 3.96. The molecule has 9 heteroatoms. The van der Waals surface area contributed by atoms with E-state index in [1.807, 2.05) is 0 Å². The fourth-order valence-electron chi connectivity index (χ4n) is 1.88. The van der Waals surface area contributed by atoms with Crippen molar-refractivity contribution in [3.05, 3.63) is 34.6 Å². The molecule has 1 aliphatic rings. The molecule has 1 fully saturated rings. The van der Waals surface area contributed by atoms with Crippen molar-refractivity contribution in [3.63, 3.8) is 0 Å². The summed E-state index contributed by atoms with van der Waals surface area (Å²) in [5.41, 5.74) is -1.70. The van der Waals surface area contributed by atoms with Crippen molar-refractivity contribution in [3.8, 4) is 0 Å². The Bertz CT molecular complexity index is 640. The van der Waals surface area contributed by atoms with Crippen LogP contribution in [0, 0.1) is 29.1 Å². The van der Waals surface area contributed by atoms with Crippen LogP contribution in [0.5, 0.6) is 0 Å². The minimum absolute atomic E-state index is 1.66. The highest BCUT2D eigenvalue weighted by Gasteiger charge is 2.51. The summed E-state index contributed by atoms with van der Waals surface area (Å²) in [4.78, 5) is 33.4. The molecule has 2 unspecified atom stereocenters. The lowest BCUT2D eigenvalue weighted by Gasteiger charge is -2.14. The SMILES string of the molecule is O=C1C(=O)C(O)C(c2c(F)c(F)c(F)c(F)c2F)C1=O. The van der Waals surface area contributed by atoms with Crippen molar-refractivity contribution in [2.24, 2.45) is 0 Å². The number of carbonyl (C=O) groups excluding carboxylic acids is 3. The monoisotopic (exact) mass is 294 g/mol. The number of halogens is 5. The van der Waals surface area contributed by atoms with E-state index in [1.165, 1.54) is 0 Å². The molecule has 2 atom stereocenters. The Hall–Kier alpha value is -2.16. The standard InChI is InChI=1S/C11H3F5O4/c12-3-1(4(13)6(15)7(16)5(3)14)2-8(17)10(19)11(20)9(2)18/h2,8,17H. The largest absolute Gasteiger partial charge is 0.384 e. The topological polar surface area (TPSA) is 71.4 Å². The number of aliphatic hydroxyl groups excluding tert-OH is 1. The highest BCUT2D eigenvalue weighted by atomic mass is 19.2. The van der Waals surface area contributed by atoms with E-state index in [2.05, 4.69) is 0 Å². The molecule has 2 rings (SSSR count). The van der Waals surface area contributed by atoms with Crippen molar-refractivity contribution in [2.75, 3.05) is 0 Å². The highest BCUT2D eigenvalue weighted by Crippen LogP contribution is 2.34. The fraction of sp³-hybridized carbons (Fsp3) is 0.182. The Morgan fingerprint density at radius 2 is 1.10 bits per heavy atom. The molecule has 4 nitrogen and oxygen atoms in total. The van der Waals surface area contributed by atoms with Crippen molar-refractivity contribution in [1.29, 1.82) is 0 Å². The summed E-state index contributed by atoms with van der Waals surface area (Å²) in [7, 11) is 0. The molecule has 1 aromatic carbocycles. The second-order valence-corrected chi connectivity index (χ2v) is 3.96. The van der Waals surface area contributed by atoms with Gasteiger partial charge in [-0.2, -0.15) is 0 Å². The molecule has 20 heavy (non-hydrogen) atoms. The van der Waals surface area contributed by atoms with E-state index in [-0.39, 0.29) is 0 Å². The number of aliphatic hydroxyl groups is 1. The van der Waals surface area contributed by atoms with Crippen molar-refractivity contribution in [1.82, 2.24) is 0 Å². The molecule has 0 aromatic heterocycles. The lowest BCUT2D eigenvalue weighted by Crippen LogP contribution is -2.25. The lowest BCUT2D eigenvalue weighted by atomic mass is 9.93. The summed E-state index contributed by atoms with van der Waals surface area (Å²) in [6, 6.07) is 0. The first-order valence-electron chi connectivity index (χ1n) is 5.01. The van der Waals surface area contributed by atoms with E-state index in [1.54, 1.807) is 0 Å². The van der Waals surface area contributed by atoms with Crippen LogP contribution in [0.4, 0.5) is 22.0 Å². The third-order valence-electron chi connectivity index (χ3n) is 2.87. The summed E-state index contributed by atoms with van der Waals surface area (Å²) < 4.78 is 65.7. The zero-order valence-electron chi connectivity index (χ0n) is 9.22. The van der Waals surface area contributed by atoms with E-state index in [0.29, 0.717) is 0 Å². The van der Waals surface area contributed by atoms with Crippen molar-refractivity contribution in [2.45, 2.75) is 12.0 Å². The predicted molar refractivity (Wildman–Crippen MR) is 50.0 cm³/mol. The quantitative estimate of drug-likeness (QED) is 0.355. The van der Waals surface area contributed by atoms with Crippen LogP contribution in [0.3, 0.4) is 0 Å². The van der Waals surface area contributed by atoms with Crippen molar-refractivity contribution < 1.29 is 41.4 Å². The van der Waals surface area contributed by atoms with Crippen LogP contribution in [-0.2, 0) is 14.4 Å². The molecule has 0 heterocycles. The number of carbonyl (C=O) groups is 3. The molecule has 1 saturated carbocycles. The zero-order valence-corrected chi connectivity index (χ0v) is 9.22. The molecule has 106 valence electrons. The maximum atomic E-state index is 13.4. The van der Waals surface area contributed by atoms with Gasteiger partial charge in [0.15, 0.2) is 23.3 Å². The normalized spacial score (nSPS) is 22.8. The Morgan fingerprint density at radius 1 is 0.700 bits per heavy atom. The van der Waals surface area contributed by atoms with E-state index in [4.69, 9.17) is 0 Å². The molecule has 0 bridgehead atoms. The van der Waals surface area contributed by atoms with Crippen LogP contribution in [0.1, 0.15) is 11.5 Å². The van der Waals surface area contributed by atoms with Crippen LogP contribution >= 0.6 is 0 Å². The number of hydrogen-bond acceptors (Lipinski definition) is 4. The molecule has 1 aromatic rings. The Labute approximate surface area is 106 Å². The molecule has 0 radical (unpaired) electrons. The minimum Gasteiger partial charge on any atom is -0.384 e. The Kier molecular flexibility index (Phi) is 3.17. The molecular weight excluding hydrogens is 291 g/mol. The van der Waals surface area contributed by atoms with Gasteiger partial charge in [0, 0.05) is 5.56 Å². The van der Waals surface area contributed by atoms with E-state index >= 15 is 0 Å². The zero-order chi connectivity index (χ0) is 15.4. The Morgan fingerprint density at radius 3 is 1.45 bits per heavy atom. The van der Waals surface area contributed by atoms with Gasteiger partial charge in [0.1, 0.15) is 6.10 Å². The third-order valence-corrected chi connectivity index (χ3v) is 2.87. The fourth-order valence-corrected chi connectivity index (χ4v) is 1.88. The van der Waals surface area contributed by atoms with Gasteiger partial charge < -0.3 is 5.11 Å². The van der Waals surface area contributed by atoms with Gasteiger partial charge in [-0.3, -0.25) is 14.4 Å². The number of ketones is 3. The number of benzene rings is 1. The molecular formula is C11H3F5O4. The maximum absolute atomic E-state index is 13.4. The van der Waals surface area contributed by atoms with E-state index < -0.39 is 64.0 Å². The van der Waals surface area contributed by atoms with Gasteiger partial charge in [-0.15, -0.1) is 0 Å². The average molecular weight is 294 g/mol. The van der Waals surface area contributed by atoms with E-state index in [9.17, 15) is 41.4 Å². The van der Waals surface area contributed by atoms with Crippen LogP contribution in [-0.4, -0.2) is 28.6 Å². The first kappa shape index (κ1) is 14.3. The van der Waals surface area contributed by atoms with Crippen LogP contribution in [0.15, 0.2) is 0 Å². The molecule has 0 saturated heterocycles. The third kappa shape index (κ3) is 1.66. The lowest BCUT2D eigenvalue weighted by molar-refractivity contribution is -0.141. The molecule has 1 aliphatic carbocycles. The van der Waals surface area contributed by atoms with Gasteiger partial charge in [-0.25, -0.2) is 22.0 Å². The minimum atomic E-state index is -2.48. The second kappa shape index (κ2) is 4.44. The highest BCUT2D eigenvalue weighted by molar-refractivity contribution is 6.69. The smallest absolute Gasteiger partial charge is 0.267 e. The molecule has 0 spiro atoms. The van der Waals surface area contributed by atoms with Gasteiger partial charge in [-0.1, -0.05) is 0 Å². The average Bonchev–Trinajstić information content (AvgIpc) is 2.61.